The minimum Gasteiger partial charge on any atom is -0.331 e. The Morgan fingerprint density at radius 3 is 2.31 bits per heavy atom. The molecule has 3 aromatic rings. The smallest absolute Gasteiger partial charge is 0.252 e. The van der Waals surface area contributed by atoms with Crippen LogP contribution < -0.4 is 5.32 Å². The van der Waals surface area contributed by atoms with Gasteiger partial charge in [-0.2, -0.15) is 0 Å². The van der Waals surface area contributed by atoms with Gasteiger partial charge in [-0.1, -0.05) is 48.5 Å². The average molecular weight is 428 g/mol. The highest BCUT2D eigenvalue weighted by atomic mass is 16.1. The first-order valence-corrected chi connectivity index (χ1v) is 12.2. The van der Waals surface area contributed by atoms with Gasteiger partial charge in [0.2, 0.25) is 0 Å². The second-order valence-corrected chi connectivity index (χ2v) is 9.14. The standard InChI is InChI=1S/C28H33N3O/c32-28(23-13-5-2-6-14-23)29-27(17-20-30-18-9-10-19-30)31-25-16-8-7-15-24(25)21-26(31)22-11-3-1-4-12-22/h1-6,11-14,21,27H,7-10,15-20H2,(H,29,32). The quantitative estimate of drug-likeness (QED) is 0.544. The van der Waals surface area contributed by atoms with Crippen molar-refractivity contribution in [2.24, 2.45) is 0 Å². The van der Waals surface area contributed by atoms with E-state index in [0.29, 0.717) is 0 Å². The summed E-state index contributed by atoms with van der Waals surface area (Å²) < 4.78 is 2.46. The molecule has 0 radical (unpaired) electrons. The fourth-order valence-corrected chi connectivity index (χ4v) is 5.31. The zero-order valence-corrected chi connectivity index (χ0v) is 18.8. The van der Waals surface area contributed by atoms with Gasteiger partial charge >= 0.3 is 0 Å². The van der Waals surface area contributed by atoms with Crippen LogP contribution in [0.3, 0.4) is 0 Å². The second-order valence-electron chi connectivity index (χ2n) is 9.14. The first-order valence-electron chi connectivity index (χ1n) is 12.2. The van der Waals surface area contributed by atoms with Gasteiger partial charge in [-0.25, -0.2) is 0 Å². The zero-order chi connectivity index (χ0) is 21.8. The van der Waals surface area contributed by atoms with Crippen molar-refractivity contribution in [3.63, 3.8) is 0 Å². The second kappa shape index (κ2) is 9.74. The molecule has 2 heterocycles. The van der Waals surface area contributed by atoms with E-state index < -0.39 is 0 Å². The molecule has 32 heavy (non-hydrogen) atoms. The normalized spacial score (nSPS) is 17.1. The molecular formula is C28H33N3O. The number of hydrogen-bond donors (Lipinski definition) is 1. The van der Waals surface area contributed by atoms with E-state index in [9.17, 15) is 4.79 Å². The topological polar surface area (TPSA) is 37.3 Å². The van der Waals surface area contributed by atoms with Crippen molar-refractivity contribution in [1.82, 2.24) is 14.8 Å². The molecule has 5 rings (SSSR count). The molecule has 1 amide bonds. The minimum absolute atomic E-state index is 0.00860. The highest BCUT2D eigenvalue weighted by Crippen LogP contribution is 2.34. The van der Waals surface area contributed by atoms with Crippen LogP contribution in [0.5, 0.6) is 0 Å². The number of nitrogens with zero attached hydrogens (tertiary/aromatic N) is 2. The van der Waals surface area contributed by atoms with Crippen molar-refractivity contribution in [1.29, 1.82) is 0 Å². The van der Waals surface area contributed by atoms with Gasteiger partial charge in [0, 0.05) is 17.8 Å². The SMILES string of the molecule is O=C(NC(CCN1CCCC1)n1c(-c2ccccc2)cc2c1CCCC2)c1ccccc1. The summed E-state index contributed by atoms with van der Waals surface area (Å²) in [5.41, 5.74) is 6.05. The number of likely N-dealkylation sites (tertiary alicyclic amines) is 1. The Morgan fingerprint density at radius 2 is 1.56 bits per heavy atom. The first-order chi connectivity index (χ1) is 15.8. The van der Waals surface area contributed by atoms with Crippen molar-refractivity contribution in [3.8, 4) is 11.3 Å². The maximum atomic E-state index is 13.2. The fourth-order valence-electron chi connectivity index (χ4n) is 5.31. The molecule has 0 spiro atoms. The van der Waals surface area contributed by atoms with Crippen LogP contribution >= 0.6 is 0 Å². The molecule has 166 valence electrons. The van der Waals surface area contributed by atoms with E-state index in [2.05, 4.69) is 51.2 Å². The van der Waals surface area contributed by atoms with Crippen LogP contribution in [0.25, 0.3) is 11.3 Å². The summed E-state index contributed by atoms with van der Waals surface area (Å²) in [6, 6.07) is 22.6. The van der Waals surface area contributed by atoms with E-state index >= 15 is 0 Å². The maximum absolute atomic E-state index is 13.2. The summed E-state index contributed by atoms with van der Waals surface area (Å²) in [7, 11) is 0. The van der Waals surface area contributed by atoms with Gasteiger partial charge in [0.1, 0.15) is 6.17 Å². The summed E-state index contributed by atoms with van der Waals surface area (Å²) in [6.07, 6.45) is 8.12. The number of hydrogen-bond acceptors (Lipinski definition) is 2. The monoisotopic (exact) mass is 427 g/mol. The first kappa shape index (κ1) is 21.0. The van der Waals surface area contributed by atoms with Crippen LogP contribution in [0.4, 0.5) is 0 Å². The molecule has 2 aliphatic rings. The molecule has 2 aromatic carbocycles. The maximum Gasteiger partial charge on any atom is 0.252 e. The van der Waals surface area contributed by atoms with Crippen LogP contribution in [0.2, 0.25) is 0 Å². The number of amides is 1. The third kappa shape index (κ3) is 4.51. The predicted octanol–water partition coefficient (Wildman–Crippen LogP) is 5.45. The molecule has 1 fully saturated rings. The molecule has 0 saturated carbocycles. The van der Waals surface area contributed by atoms with E-state index in [1.54, 1.807) is 0 Å². The number of nitrogens with one attached hydrogen (secondary N) is 1. The third-order valence-corrected chi connectivity index (χ3v) is 6.97. The van der Waals surface area contributed by atoms with Crippen LogP contribution in [-0.4, -0.2) is 35.0 Å². The predicted molar refractivity (Wildman–Crippen MR) is 130 cm³/mol. The number of carbonyl (C=O) groups excluding carboxylic acids is 1. The highest BCUT2D eigenvalue weighted by molar-refractivity contribution is 5.94. The third-order valence-electron chi connectivity index (χ3n) is 6.97. The molecule has 1 N–H and O–H groups in total. The molecule has 4 nitrogen and oxygen atoms in total. The molecule has 1 aliphatic heterocycles. The van der Waals surface area contributed by atoms with E-state index in [1.165, 1.54) is 61.3 Å². The van der Waals surface area contributed by atoms with Gasteiger partial charge in [-0.15, -0.1) is 0 Å². The summed E-state index contributed by atoms with van der Waals surface area (Å²) >= 11 is 0. The van der Waals surface area contributed by atoms with Gasteiger partial charge in [-0.05, 0) is 87.4 Å². The van der Waals surface area contributed by atoms with E-state index in [0.717, 1.165) is 31.4 Å². The molecular weight excluding hydrogens is 394 g/mol. The molecule has 1 aliphatic carbocycles. The molecule has 1 unspecified atom stereocenters. The van der Waals surface area contributed by atoms with Crippen LogP contribution in [0, 0.1) is 0 Å². The molecule has 1 aromatic heterocycles. The average Bonchev–Trinajstić information content (AvgIpc) is 3.51. The van der Waals surface area contributed by atoms with Gasteiger partial charge in [0.05, 0.1) is 5.69 Å². The van der Waals surface area contributed by atoms with Crippen molar-refractivity contribution in [2.45, 2.75) is 51.1 Å². The Labute approximate surface area is 191 Å². The number of rotatable bonds is 7. The number of benzene rings is 2. The van der Waals surface area contributed by atoms with Gasteiger partial charge in [0.25, 0.3) is 5.91 Å². The lowest BCUT2D eigenvalue weighted by atomic mass is 9.98. The largest absolute Gasteiger partial charge is 0.331 e. The van der Waals surface area contributed by atoms with Gasteiger partial charge in [0.15, 0.2) is 0 Å². The molecule has 1 saturated heterocycles. The van der Waals surface area contributed by atoms with Crippen LogP contribution in [0.15, 0.2) is 66.7 Å². The summed E-state index contributed by atoms with van der Waals surface area (Å²) in [5, 5.41) is 3.42. The molecule has 4 heteroatoms. The Balaban J connectivity index is 1.52. The van der Waals surface area contributed by atoms with E-state index in [-0.39, 0.29) is 12.1 Å². The van der Waals surface area contributed by atoms with Crippen molar-refractivity contribution < 1.29 is 4.79 Å². The lowest BCUT2D eigenvalue weighted by Crippen LogP contribution is -2.36. The lowest BCUT2D eigenvalue weighted by molar-refractivity contribution is 0.0912. The number of aromatic nitrogens is 1. The molecule has 1 atom stereocenters. The Kier molecular flexibility index (Phi) is 6.40. The van der Waals surface area contributed by atoms with Gasteiger partial charge < -0.3 is 14.8 Å². The van der Waals surface area contributed by atoms with Gasteiger partial charge in [-0.3, -0.25) is 4.79 Å². The zero-order valence-electron chi connectivity index (χ0n) is 18.8. The summed E-state index contributed by atoms with van der Waals surface area (Å²) in [4.78, 5) is 15.8. The van der Waals surface area contributed by atoms with E-state index in [1.807, 2.05) is 30.3 Å². The Bertz CT molecular complexity index is 1040. The fraction of sp³-hybridized carbons (Fsp3) is 0.393. The highest BCUT2D eigenvalue weighted by Gasteiger charge is 2.26. The number of aryl methyl sites for hydroxylation is 1. The van der Waals surface area contributed by atoms with E-state index in [4.69, 9.17) is 0 Å². The minimum atomic E-state index is -0.0552. The molecule has 0 bridgehead atoms. The Morgan fingerprint density at radius 1 is 0.875 bits per heavy atom. The number of carbonyl (C=O) groups is 1. The lowest BCUT2D eigenvalue weighted by Gasteiger charge is -2.28. The van der Waals surface area contributed by atoms with Crippen molar-refractivity contribution in [2.75, 3.05) is 19.6 Å². The summed E-state index contributed by atoms with van der Waals surface area (Å²) in [5.74, 6) is 0.00860. The van der Waals surface area contributed by atoms with Crippen LogP contribution in [0.1, 0.15) is 59.9 Å². The number of fused-ring (bicyclic) bond motifs is 1. The Hall–Kier alpha value is -2.85. The van der Waals surface area contributed by atoms with Crippen molar-refractivity contribution in [3.05, 3.63) is 83.6 Å². The van der Waals surface area contributed by atoms with Crippen molar-refractivity contribution >= 4 is 5.91 Å². The van der Waals surface area contributed by atoms with Crippen LogP contribution in [-0.2, 0) is 12.8 Å². The summed E-state index contributed by atoms with van der Waals surface area (Å²) in [6.45, 7) is 3.37.